The number of para-hydroxylation sites is 2. The molecule has 82 valence electrons. The summed E-state index contributed by atoms with van der Waals surface area (Å²) in [4.78, 5) is 0. The molecule has 0 amide bonds. The predicted molar refractivity (Wildman–Crippen MR) is 62.1 cm³/mol. The van der Waals surface area contributed by atoms with E-state index in [2.05, 4.69) is 0 Å². The third-order valence-corrected chi connectivity index (χ3v) is 2.28. The topological polar surface area (TPSA) is 35.2 Å². The third kappa shape index (κ3) is 2.14. The molecule has 2 aromatic carbocycles. The summed E-state index contributed by atoms with van der Waals surface area (Å²) in [5.74, 6) is 0.919. The van der Waals surface area contributed by atoms with Crippen molar-refractivity contribution in [3.8, 4) is 11.5 Å². The number of hydrogen-bond donors (Lipinski definition) is 1. The van der Waals surface area contributed by atoms with Gasteiger partial charge in [-0.2, -0.15) is 0 Å². The van der Waals surface area contributed by atoms with Gasteiger partial charge in [0, 0.05) is 0 Å². The van der Waals surface area contributed by atoms with Crippen molar-refractivity contribution in [2.45, 2.75) is 6.92 Å². The minimum Gasteiger partial charge on any atom is -0.455 e. The van der Waals surface area contributed by atoms with Crippen LogP contribution in [0.15, 0.2) is 42.5 Å². The molecule has 0 radical (unpaired) electrons. The van der Waals surface area contributed by atoms with E-state index in [9.17, 15) is 4.39 Å². The summed E-state index contributed by atoms with van der Waals surface area (Å²) in [7, 11) is 0. The molecule has 0 atom stereocenters. The second kappa shape index (κ2) is 4.23. The molecule has 2 N–H and O–H groups in total. The predicted octanol–water partition coefficient (Wildman–Crippen LogP) is 3.51. The van der Waals surface area contributed by atoms with Crippen LogP contribution in [0.2, 0.25) is 0 Å². The molecule has 0 aromatic heterocycles. The van der Waals surface area contributed by atoms with Crippen LogP contribution in [0.5, 0.6) is 11.5 Å². The Hall–Kier alpha value is -2.03. The van der Waals surface area contributed by atoms with Crippen LogP contribution in [0.3, 0.4) is 0 Å². The fraction of sp³-hybridized carbons (Fsp3) is 0.0769. The Morgan fingerprint density at radius 3 is 2.50 bits per heavy atom. The number of nitrogen functional groups attached to an aromatic ring is 1. The minimum absolute atomic E-state index is 0.272. The molecule has 0 spiro atoms. The molecule has 0 aliphatic rings. The molecule has 0 aliphatic carbocycles. The number of aryl methyl sites for hydroxylation is 1. The van der Waals surface area contributed by atoms with E-state index in [4.69, 9.17) is 10.5 Å². The van der Waals surface area contributed by atoms with Crippen LogP contribution in [-0.4, -0.2) is 0 Å². The SMILES string of the molecule is Cc1cc(F)ccc1Oc1ccccc1N. The first-order chi connectivity index (χ1) is 7.66. The van der Waals surface area contributed by atoms with Crippen molar-refractivity contribution < 1.29 is 9.13 Å². The Bertz CT molecular complexity index is 511. The Balaban J connectivity index is 2.31. The zero-order valence-electron chi connectivity index (χ0n) is 8.91. The number of nitrogens with two attached hydrogens (primary N) is 1. The summed E-state index contributed by atoms with van der Waals surface area (Å²) in [5, 5.41) is 0. The van der Waals surface area contributed by atoms with Crippen molar-refractivity contribution in [3.05, 3.63) is 53.8 Å². The zero-order chi connectivity index (χ0) is 11.5. The molecule has 3 heteroatoms. The van der Waals surface area contributed by atoms with Crippen LogP contribution >= 0.6 is 0 Å². The first-order valence-corrected chi connectivity index (χ1v) is 4.95. The van der Waals surface area contributed by atoms with Crippen LogP contribution in [0.1, 0.15) is 5.56 Å². The van der Waals surface area contributed by atoms with Gasteiger partial charge in [0.1, 0.15) is 17.3 Å². The second-order valence-electron chi connectivity index (χ2n) is 3.55. The molecule has 0 fully saturated rings. The average Bonchev–Trinajstić information content (AvgIpc) is 2.25. The molecule has 0 unspecified atom stereocenters. The van der Waals surface area contributed by atoms with E-state index in [1.54, 1.807) is 25.1 Å². The standard InChI is InChI=1S/C13H12FNO/c1-9-8-10(14)6-7-12(9)16-13-5-3-2-4-11(13)15/h2-8H,15H2,1H3. The molecule has 0 bridgehead atoms. The van der Waals surface area contributed by atoms with E-state index in [-0.39, 0.29) is 5.82 Å². The molecule has 0 saturated carbocycles. The smallest absolute Gasteiger partial charge is 0.150 e. The number of hydrogen-bond acceptors (Lipinski definition) is 2. The van der Waals surface area contributed by atoms with Crippen LogP contribution in [0.25, 0.3) is 0 Å². The summed E-state index contributed by atoms with van der Waals surface area (Å²) in [6, 6.07) is 11.6. The van der Waals surface area contributed by atoms with Gasteiger partial charge in [-0.15, -0.1) is 0 Å². The lowest BCUT2D eigenvalue weighted by Crippen LogP contribution is -1.93. The maximum atomic E-state index is 12.9. The average molecular weight is 217 g/mol. The van der Waals surface area contributed by atoms with Gasteiger partial charge in [-0.1, -0.05) is 12.1 Å². The molecule has 2 rings (SSSR count). The fourth-order valence-corrected chi connectivity index (χ4v) is 1.42. The van der Waals surface area contributed by atoms with Gasteiger partial charge < -0.3 is 10.5 Å². The molecule has 0 heterocycles. The molecule has 0 aliphatic heterocycles. The highest BCUT2D eigenvalue weighted by atomic mass is 19.1. The van der Waals surface area contributed by atoms with E-state index < -0.39 is 0 Å². The van der Waals surface area contributed by atoms with Gasteiger partial charge >= 0.3 is 0 Å². The Labute approximate surface area is 93.5 Å². The highest BCUT2D eigenvalue weighted by Crippen LogP contribution is 2.29. The molecule has 16 heavy (non-hydrogen) atoms. The first kappa shape index (κ1) is 10.5. The Morgan fingerprint density at radius 2 is 1.81 bits per heavy atom. The molecule has 0 saturated heterocycles. The first-order valence-electron chi connectivity index (χ1n) is 4.95. The summed E-state index contributed by atoms with van der Waals surface area (Å²) < 4.78 is 18.5. The van der Waals surface area contributed by atoms with Gasteiger partial charge in [-0.05, 0) is 42.8 Å². The molecular weight excluding hydrogens is 205 g/mol. The van der Waals surface area contributed by atoms with Crippen molar-refractivity contribution in [2.24, 2.45) is 0 Å². The van der Waals surface area contributed by atoms with E-state index >= 15 is 0 Å². The van der Waals surface area contributed by atoms with Gasteiger partial charge in [0.2, 0.25) is 0 Å². The maximum absolute atomic E-state index is 12.9. The van der Waals surface area contributed by atoms with Crippen LogP contribution in [0.4, 0.5) is 10.1 Å². The fourth-order valence-electron chi connectivity index (χ4n) is 1.42. The van der Waals surface area contributed by atoms with Crippen LogP contribution in [0, 0.1) is 12.7 Å². The number of rotatable bonds is 2. The number of anilines is 1. The van der Waals surface area contributed by atoms with E-state index in [0.29, 0.717) is 17.2 Å². The molecule has 2 aromatic rings. The van der Waals surface area contributed by atoms with E-state index in [1.807, 2.05) is 12.1 Å². The van der Waals surface area contributed by atoms with Crippen molar-refractivity contribution >= 4 is 5.69 Å². The van der Waals surface area contributed by atoms with Crippen molar-refractivity contribution in [1.29, 1.82) is 0 Å². The van der Waals surface area contributed by atoms with Crippen LogP contribution in [-0.2, 0) is 0 Å². The Kier molecular flexibility index (Phi) is 2.77. The van der Waals surface area contributed by atoms with Crippen molar-refractivity contribution in [3.63, 3.8) is 0 Å². The highest BCUT2D eigenvalue weighted by Gasteiger charge is 2.04. The maximum Gasteiger partial charge on any atom is 0.150 e. The molecule has 2 nitrogen and oxygen atoms in total. The van der Waals surface area contributed by atoms with Crippen molar-refractivity contribution in [2.75, 3.05) is 5.73 Å². The normalized spacial score (nSPS) is 10.1. The van der Waals surface area contributed by atoms with E-state index in [0.717, 1.165) is 5.56 Å². The number of halogens is 1. The lowest BCUT2D eigenvalue weighted by molar-refractivity contribution is 0.479. The van der Waals surface area contributed by atoms with E-state index in [1.165, 1.54) is 12.1 Å². The quantitative estimate of drug-likeness (QED) is 0.781. The van der Waals surface area contributed by atoms with Gasteiger partial charge in [0.15, 0.2) is 0 Å². The number of benzene rings is 2. The van der Waals surface area contributed by atoms with Crippen molar-refractivity contribution in [1.82, 2.24) is 0 Å². The van der Waals surface area contributed by atoms with Gasteiger partial charge in [0.05, 0.1) is 5.69 Å². The Morgan fingerprint density at radius 1 is 1.06 bits per heavy atom. The summed E-state index contributed by atoms with van der Waals surface area (Å²) in [6.07, 6.45) is 0. The lowest BCUT2D eigenvalue weighted by atomic mass is 10.2. The summed E-state index contributed by atoms with van der Waals surface area (Å²) in [5.41, 5.74) is 7.05. The second-order valence-corrected chi connectivity index (χ2v) is 3.55. The highest BCUT2D eigenvalue weighted by molar-refractivity contribution is 5.54. The monoisotopic (exact) mass is 217 g/mol. The summed E-state index contributed by atoms with van der Waals surface area (Å²) in [6.45, 7) is 1.79. The minimum atomic E-state index is -0.272. The van der Waals surface area contributed by atoms with Gasteiger partial charge in [-0.3, -0.25) is 0 Å². The third-order valence-electron chi connectivity index (χ3n) is 2.28. The lowest BCUT2D eigenvalue weighted by Gasteiger charge is -2.10. The van der Waals surface area contributed by atoms with Gasteiger partial charge in [0.25, 0.3) is 0 Å². The zero-order valence-corrected chi connectivity index (χ0v) is 8.91. The van der Waals surface area contributed by atoms with Gasteiger partial charge in [-0.25, -0.2) is 4.39 Å². The summed E-state index contributed by atoms with van der Waals surface area (Å²) >= 11 is 0. The largest absolute Gasteiger partial charge is 0.455 e. The van der Waals surface area contributed by atoms with Crippen LogP contribution < -0.4 is 10.5 Å². The number of ether oxygens (including phenoxy) is 1. The molecular formula is C13H12FNO.